The third-order valence-electron chi connectivity index (χ3n) is 4.53. The molecular weight excluding hydrogens is 374 g/mol. The largest absolute Gasteiger partial charge is 0.383 e. The van der Waals surface area contributed by atoms with Gasteiger partial charge in [-0.15, -0.1) is 0 Å². The average Bonchev–Trinajstić information content (AvgIpc) is 2.93. The lowest BCUT2D eigenvalue weighted by molar-refractivity contribution is -0.137. The first kappa shape index (κ1) is 22.6. The molecule has 158 valence electrons. The van der Waals surface area contributed by atoms with Crippen LogP contribution >= 0.6 is 0 Å². The molecule has 0 radical (unpaired) electrons. The number of anilines is 1. The van der Waals surface area contributed by atoms with E-state index in [-0.39, 0.29) is 17.7 Å². The van der Waals surface area contributed by atoms with Gasteiger partial charge in [0, 0.05) is 46.5 Å². The van der Waals surface area contributed by atoms with Crippen LogP contribution in [0.3, 0.4) is 0 Å². The molecule has 0 aromatic heterocycles. The highest BCUT2D eigenvalue weighted by Gasteiger charge is 2.40. The molecule has 29 heavy (non-hydrogen) atoms. The summed E-state index contributed by atoms with van der Waals surface area (Å²) in [4.78, 5) is 40.6. The Morgan fingerprint density at radius 2 is 1.62 bits per heavy atom. The van der Waals surface area contributed by atoms with Crippen LogP contribution < -0.4 is 5.32 Å². The van der Waals surface area contributed by atoms with Crippen molar-refractivity contribution in [3.05, 3.63) is 35.5 Å². The van der Waals surface area contributed by atoms with Crippen molar-refractivity contribution in [1.82, 2.24) is 9.80 Å². The van der Waals surface area contributed by atoms with Gasteiger partial charge in [-0.3, -0.25) is 19.3 Å². The lowest BCUT2D eigenvalue weighted by Crippen LogP contribution is -2.38. The van der Waals surface area contributed by atoms with Crippen molar-refractivity contribution in [3.63, 3.8) is 0 Å². The van der Waals surface area contributed by atoms with Gasteiger partial charge >= 0.3 is 0 Å². The van der Waals surface area contributed by atoms with E-state index in [1.165, 1.54) is 11.8 Å². The fraction of sp³-hybridized carbons (Fsp3) is 0.476. The zero-order chi connectivity index (χ0) is 21.4. The summed E-state index contributed by atoms with van der Waals surface area (Å²) in [5, 5.41) is 2.70. The van der Waals surface area contributed by atoms with Crippen molar-refractivity contribution in [2.24, 2.45) is 0 Å². The van der Waals surface area contributed by atoms with Gasteiger partial charge in [0.1, 0.15) is 5.70 Å². The Kier molecular flexibility index (Phi) is 8.35. The fourth-order valence-electron chi connectivity index (χ4n) is 3.21. The maximum atomic E-state index is 13.1. The van der Waals surface area contributed by atoms with Crippen molar-refractivity contribution in [3.8, 4) is 0 Å². The third-order valence-corrected chi connectivity index (χ3v) is 4.53. The second-order valence-electron chi connectivity index (χ2n) is 6.72. The summed E-state index contributed by atoms with van der Waals surface area (Å²) in [6.07, 6.45) is 0.676. The Morgan fingerprint density at radius 1 is 1.03 bits per heavy atom. The van der Waals surface area contributed by atoms with Crippen molar-refractivity contribution in [2.45, 2.75) is 20.3 Å². The molecule has 0 unspecified atom stereocenters. The molecule has 1 aliphatic heterocycles. The molecule has 0 saturated carbocycles. The lowest BCUT2D eigenvalue weighted by Gasteiger charge is -2.25. The SMILES string of the molecule is CCCN1C(=O)C(c2ccc(NC(C)=O)cc2)=C(N(CCOC)CCOC)C1=O. The van der Waals surface area contributed by atoms with Crippen molar-refractivity contribution in [2.75, 3.05) is 52.4 Å². The number of ether oxygens (including phenoxy) is 2. The lowest BCUT2D eigenvalue weighted by atomic mass is 10.0. The Labute approximate surface area is 171 Å². The number of nitrogens with one attached hydrogen (secondary N) is 1. The van der Waals surface area contributed by atoms with Gasteiger partial charge in [-0.25, -0.2) is 0 Å². The second kappa shape index (κ2) is 10.7. The first-order valence-electron chi connectivity index (χ1n) is 9.65. The van der Waals surface area contributed by atoms with Crippen LogP contribution in [0.25, 0.3) is 5.57 Å². The number of carbonyl (C=O) groups excluding carboxylic acids is 3. The molecular formula is C21H29N3O5. The first-order valence-corrected chi connectivity index (χ1v) is 9.65. The molecule has 0 atom stereocenters. The maximum Gasteiger partial charge on any atom is 0.277 e. The zero-order valence-corrected chi connectivity index (χ0v) is 17.5. The van der Waals surface area contributed by atoms with E-state index in [0.29, 0.717) is 61.8 Å². The van der Waals surface area contributed by atoms with E-state index in [2.05, 4.69) is 5.32 Å². The molecule has 0 aliphatic carbocycles. The quantitative estimate of drug-likeness (QED) is 0.566. The minimum absolute atomic E-state index is 0.177. The smallest absolute Gasteiger partial charge is 0.277 e. The summed E-state index contributed by atoms with van der Waals surface area (Å²) < 4.78 is 10.4. The number of carbonyl (C=O) groups is 3. The van der Waals surface area contributed by atoms with Crippen molar-refractivity contribution < 1.29 is 23.9 Å². The van der Waals surface area contributed by atoms with E-state index in [9.17, 15) is 14.4 Å². The Hall–Kier alpha value is -2.71. The maximum absolute atomic E-state index is 13.1. The number of rotatable bonds is 11. The average molecular weight is 403 g/mol. The molecule has 2 rings (SSSR count). The highest BCUT2D eigenvalue weighted by molar-refractivity contribution is 6.35. The number of hydrogen-bond acceptors (Lipinski definition) is 6. The standard InChI is InChI=1S/C21H29N3O5/c1-5-10-24-20(26)18(16-6-8-17(9-7-16)22-15(2)25)19(21(24)27)23(11-13-28-3)12-14-29-4/h6-9H,5,10-14H2,1-4H3,(H,22,25). The van der Waals surface area contributed by atoms with Gasteiger partial charge in [-0.2, -0.15) is 0 Å². The van der Waals surface area contributed by atoms with Gasteiger partial charge in [0.2, 0.25) is 5.91 Å². The Bertz CT molecular complexity index is 765. The molecule has 1 aliphatic rings. The summed E-state index contributed by atoms with van der Waals surface area (Å²) in [6, 6.07) is 6.92. The van der Waals surface area contributed by atoms with Crippen LogP contribution in [-0.4, -0.2) is 74.6 Å². The van der Waals surface area contributed by atoms with Crippen molar-refractivity contribution in [1.29, 1.82) is 0 Å². The monoisotopic (exact) mass is 403 g/mol. The minimum atomic E-state index is -0.307. The van der Waals surface area contributed by atoms with E-state index < -0.39 is 0 Å². The van der Waals surface area contributed by atoms with Gasteiger partial charge < -0.3 is 19.7 Å². The van der Waals surface area contributed by atoms with Gasteiger partial charge in [0.25, 0.3) is 11.8 Å². The number of imide groups is 1. The van der Waals surface area contributed by atoms with E-state index in [1.807, 2.05) is 11.8 Å². The predicted molar refractivity (Wildman–Crippen MR) is 110 cm³/mol. The van der Waals surface area contributed by atoms with E-state index in [1.54, 1.807) is 38.5 Å². The molecule has 1 N–H and O–H groups in total. The number of hydrogen-bond donors (Lipinski definition) is 1. The predicted octanol–water partition coefficient (Wildman–Crippen LogP) is 1.73. The van der Waals surface area contributed by atoms with Crippen molar-refractivity contribution >= 4 is 29.0 Å². The van der Waals surface area contributed by atoms with Gasteiger partial charge in [0.15, 0.2) is 0 Å². The number of methoxy groups -OCH3 is 2. The van der Waals surface area contributed by atoms with E-state index in [0.717, 1.165) is 0 Å². The molecule has 0 spiro atoms. The Balaban J connectivity index is 2.49. The normalized spacial score (nSPS) is 14.0. The zero-order valence-electron chi connectivity index (χ0n) is 17.5. The number of benzene rings is 1. The Morgan fingerprint density at radius 3 is 2.10 bits per heavy atom. The van der Waals surface area contributed by atoms with E-state index >= 15 is 0 Å². The summed E-state index contributed by atoms with van der Waals surface area (Å²) in [5.41, 5.74) is 1.99. The molecule has 8 heteroatoms. The number of amides is 3. The molecule has 8 nitrogen and oxygen atoms in total. The van der Waals surface area contributed by atoms with Gasteiger partial charge in [-0.05, 0) is 24.1 Å². The molecule has 1 heterocycles. The van der Waals surface area contributed by atoms with Crippen LogP contribution in [-0.2, 0) is 23.9 Å². The summed E-state index contributed by atoms with van der Waals surface area (Å²) >= 11 is 0. The van der Waals surface area contributed by atoms with Crippen LogP contribution in [0, 0.1) is 0 Å². The van der Waals surface area contributed by atoms with Crippen LogP contribution in [0.5, 0.6) is 0 Å². The van der Waals surface area contributed by atoms with Crippen LogP contribution in [0.2, 0.25) is 0 Å². The number of nitrogens with zero attached hydrogens (tertiary/aromatic N) is 2. The molecule has 0 fully saturated rings. The van der Waals surface area contributed by atoms with Gasteiger partial charge in [0.05, 0.1) is 18.8 Å². The second-order valence-corrected chi connectivity index (χ2v) is 6.72. The van der Waals surface area contributed by atoms with Crippen LogP contribution in [0.1, 0.15) is 25.8 Å². The molecule has 1 aromatic rings. The first-order chi connectivity index (χ1) is 13.9. The van der Waals surface area contributed by atoms with E-state index in [4.69, 9.17) is 9.47 Å². The summed E-state index contributed by atoms with van der Waals surface area (Å²) in [7, 11) is 3.19. The molecule has 1 aromatic carbocycles. The highest BCUT2D eigenvalue weighted by Crippen LogP contribution is 2.32. The molecule has 3 amide bonds. The molecule has 0 bridgehead atoms. The summed E-state index contributed by atoms with van der Waals surface area (Å²) in [5.74, 6) is -0.784. The van der Waals surface area contributed by atoms with Crippen LogP contribution in [0.4, 0.5) is 5.69 Å². The molecule has 0 saturated heterocycles. The minimum Gasteiger partial charge on any atom is -0.383 e. The fourth-order valence-corrected chi connectivity index (χ4v) is 3.21. The van der Waals surface area contributed by atoms with Gasteiger partial charge in [-0.1, -0.05) is 19.1 Å². The van der Waals surface area contributed by atoms with Crippen LogP contribution in [0.15, 0.2) is 30.0 Å². The topological polar surface area (TPSA) is 88.2 Å². The summed E-state index contributed by atoms with van der Waals surface area (Å²) in [6.45, 7) is 5.46. The third kappa shape index (κ3) is 5.42. The highest BCUT2D eigenvalue weighted by atomic mass is 16.5.